The van der Waals surface area contributed by atoms with Crippen molar-refractivity contribution in [2.75, 3.05) is 20.2 Å². The topological polar surface area (TPSA) is 79.5 Å². The van der Waals surface area contributed by atoms with Crippen LogP contribution < -0.4 is 16.2 Å². The molecule has 2 atom stereocenters. The summed E-state index contributed by atoms with van der Waals surface area (Å²) in [5.74, 6) is -0.515. The summed E-state index contributed by atoms with van der Waals surface area (Å²) < 4.78 is 4.56. The summed E-state index contributed by atoms with van der Waals surface area (Å²) in [6.07, 6.45) is 0.871. The van der Waals surface area contributed by atoms with E-state index in [4.69, 9.17) is 11.6 Å². The van der Waals surface area contributed by atoms with E-state index < -0.39 is 0 Å². The van der Waals surface area contributed by atoms with Crippen LogP contribution in [0.2, 0.25) is 5.02 Å². The van der Waals surface area contributed by atoms with E-state index in [9.17, 15) is 9.59 Å². The molecule has 7 heteroatoms. The third kappa shape index (κ3) is 4.43. The molecule has 3 N–H and O–H groups in total. The Bertz CT molecular complexity index is 521. The van der Waals surface area contributed by atoms with Crippen molar-refractivity contribution in [3.8, 4) is 0 Å². The van der Waals surface area contributed by atoms with Gasteiger partial charge in [0.25, 0.3) is 0 Å². The van der Waals surface area contributed by atoms with Crippen LogP contribution in [-0.4, -0.2) is 32.1 Å². The number of nitrogens with one attached hydrogen (secondary N) is 3. The molecule has 22 heavy (non-hydrogen) atoms. The van der Waals surface area contributed by atoms with Gasteiger partial charge in [-0.05, 0) is 24.1 Å². The molecule has 1 aliphatic rings. The van der Waals surface area contributed by atoms with Gasteiger partial charge >= 0.3 is 5.97 Å². The summed E-state index contributed by atoms with van der Waals surface area (Å²) in [6, 6.07) is 7.33. The van der Waals surface area contributed by atoms with Crippen molar-refractivity contribution in [3.05, 3.63) is 34.9 Å². The SMILES string of the molecule is COC(=O)CCCNC(=O)C1CNNC1c1ccc(Cl)cc1. The molecule has 0 aromatic heterocycles. The van der Waals surface area contributed by atoms with E-state index in [1.165, 1.54) is 7.11 Å². The first kappa shape index (κ1) is 16.7. The maximum atomic E-state index is 12.3. The first-order valence-electron chi connectivity index (χ1n) is 7.20. The Morgan fingerprint density at radius 3 is 2.77 bits per heavy atom. The average Bonchev–Trinajstić information content (AvgIpc) is 3.01. The molecule has 1 fully saturated rings. The molecular formula is C15H20ClN3O3. The van der Waals surface area contributed by atoms with E-state index in [2.05, 4.69) is 20.9 Å². The second kappa shape index (κ2) is 8.12. The number of hydrogen-bond donors (Lipinski definition) is 3. The number of carbonyl (C=O) groups excluding carboxylic acids is 2. The molecule has 2 unspecified atom stereocenters. The first-order chi connectivity index (χ1) is 10.6. The fraction of sp³-hybridized carbons (Fsp3) is 0.467. The van der Waals surface area contributed by atoms with Gasteiger partial charge in [0.05, 0.1) is 19.1 Å². The van der Waals surface area contributed by atoms with E-state index in [1.807, 2.05) is 24.3 Å². The molecule has 1 aromatic carbocycles. The maximum absolute atomic E-state index is 12.3. The predicted octanol–water partition coefficient (Wildman–Crippen LogP) is 1.17. The van der Waals surface area contributed by atoms with Crippen LogP contribution in [-0.2, 0) is 14.3 Å². The normalized spacial score (nSPS) is 20.6. The first-order valence-corrected chi connectivity index (χ1v) is 7.58. The Kier molecular flexibility index (Phi) is 6.18. The van der Waals surface area contributed by atoms with Gasteiger partial charge in [-0.2, -0.15) is 0 Å². The maximum Gasteiger partial charge on any atom is 0.305 e. The van der Waals surface area contributed by atoms with E-state index in [0.29, 0.717) is 31.0 Å². The van der Waals surface area contributed by atoms with Crippen LogP contribution in [0.5, 0.6) is 0 Å². The summed E-state index contributed by atoms with van der Waals surface area (Å²) in [4.78, 5) is 23.3. The van der Waals surface area contributed by atoms with Gasteiger partial charge in [0, 0.05) is 24.5 Å². The lowest BCUT2D eigenvalue weighted by Crippen LogP contribution is -2.35. The quantitative estimate of drug-likeness (QED) is 0.540. The molecule has 1 aromatic rings. The van der Waals surface area contributed by atoms with Crippen LogP contribution in [0.15, 0.2) is 24.3 Å². The monoisotopic (exact) mass is 325 g/mol. The van der Waals surface area contributed by atoms with Crippen LogP contribution >= 0.6 is 11.6 Å². The Hall–Kier alpha value is -1.63. The van der Waals surface area contributed by atoms with Gasteiger partial charge in [-0.15, -0.1) is 0 Å². The van der Waals surface area contributed by atoms with E-state index in [0.717, 1.165) is 5.56 Å². The second-order valence-electron chi connectivity index (χ2n) is 5.13. The molecular weight excluding hydrogens is 306 g/mol. The highest BCUT2D eigenvalue weighted by molar-refractivity contribution is 6.30. The summed E-state index contributed by atoms with van der Waals surface area (Å²) in [5.41, 5.74) is 7.13. The van der Waals surface area contributed by atoms with Gasteiger partial charge in [0.15, 0.2) is 0 Å². The van der Waals surface area contributed by atoms with Crippen molar-refractivity contribution in [1.29, 1.82) is 0 Å². The van der Waals surface area contributed by atoms with Crippen molar-refractivity contribution < 1.29 is 14.3 Å². The lowest BCUT2D eigenvalue weighted by Gasteiger charge is -2.18. The number of amides is 1. The van der Waals surface area contributed by atoms with Gasteiger partial charge in [-0.25, -0.2) is 5.43 Å². The molecule has 2 rings (SSSR count). The zero-order valence-corrected chi connectivity index (χ0v) is 13.2. The molecule has 0 aliphatic carbocycles. The van der Waals surface area contributed by atoms with Gasteiger partial charge in [0.1, 0.15) is 0 Å². The zero-order valence-electron chi connectivity index (χ0n) is 12.4. The Balaban J connectivity index is 1.86. The highest BCUT2D eigenvalue weighted by Crippen LogP contribution is 2.26. The molecule has 0 bridgehead atoms. The largest absolute Gasteiger partial charge is 0.469 e. The number of hydrogen-bond acceptors (Lipinski definition) is 5. The molecule has 1 saturated heterocycles. The molecule has 120 valence electrons. The van der Waals surface area contributed by atoms with E-state index in [-0.39, 0.29) is 23.8 Å². The molecule has 6 nitrogen and oxygen atoms in total. The summed E-state index contributed by atoms with van der Waals surface area (Å²) in [5, 5.41) is 3.53. The van der Waals surface area contributed by atoms with Crippen molar-refractivity contribution in [1.82, 2.24) is 16.2 Å². The van der Waals surface area contributed by atoms with Crippen LogP contribution in [0, 0.1) is 5.92 Å². The number of halogens is 1. The summed E-state index contributed by atoms with van der Waals surface area (Å²) in [6.45, 7) is 1.01. The Labute approximate surface area is 134 Å². The van der Waals surface area contributed by atoms with E-state index in [1.54, 1.807) is 0 Å². The number of benzene rings is 1. The van der Waals surface area contributed by atoms with Gasteiger partial charge in [-0.3, -0.25) is 15.0 Å². The molecule has 1 heterocycles. The Morgan fingerprint density at radius 2 is 2.09 bits per heavy atom. The number of carbonyl (C=O) groups is 2. The molecule has 1 amide bonds. The standard InChI is InChI=1S/C15H20ClN3O3/c1-22-13(20)3-2-8-17-15(21)12-9-18-19-14(12)10-4-6-11(16)7-5-10/h4-7,12,14,18-19H,2-3,8-9H2,1H3,(H,17,21). The summed E-state index contributed by atoms with van der Waals surface area (Å²) >= 11 is 5.89. The molecule has 0 saturated carbocycles. The van der Waals surface area contributed by atoms with Gasteiger partial charge in [-0.1, -0.05) is 23.7 Å². The lowest BCUT2D eigenvalue weighted by atomic mass is 9.94. The van der Waals surface area contributed by atoms with Crippen LogP contribution in [0.1, 0.15) is 24.4 Å². The van der Waals surface area contributed by atoms with Crippen molar-refractivity contribution in [3.63, 3.8) is 0 Å². The molecule has 0 spiro atoms. The fourth-order valence-electron chi connectivity index (χ4n) is 2.40. The third-order valence-corrected chi connectivity index (χ3v) is 3.88. The zero-order chi connectivity index (χ0) is 15.9. The number of ether oxygens (including phenoxy) is 1. The van der Waals surface area contributed by atoms with Crippen molar-refractivity contribution in [2.45, 2.75) is 18.9 Å². The third-order valence-electron chi connectivity index (χ3n) is 3.63. The number of rotatable bonds is 6. The van der Waals surface area contributed by atoms with Crippen LogP contribution in [0.25, 0.3) is 0 Å². The average molecular weight is 326 g/mol. The smallest absolute Gasteiger partial charge is 0.305 e. The summed E-state index contributed by atoms with van der Waals surface area (Å²) in [7, 11) is 1.35. The minimum atomic E-state index is -0.266. The van der Waals surface area contributed by atoms with Crippen molar-refractivity contribution in [2.24, 2.45) is 5.92 Å². The predicted molar refractivity (Wildman–Crippen MR) is 83.1 cm³/mol. The van der Waals surface area contributed by atoms with Crippen molar-refractivity contribution >= 4 is 23.5 Å². The van der Waals surface area contributed by atoms with Crippen LogP contribution in [0.4, 0.5) is 0 Å². The minimum absolute atomic E-state index is 0.0395. The molecule has 0 radical (unpaired) electrons. The minimum Gasteiger partial charge on any atom is -0.469 e. The van der Waals surface area contributed by atoms with Crippen LogP contribution in [0.3, 0.4) is 0 Å². The number of methoxy groups -OCH3 is 1. The molecule has 1 aliphatic heterocycles. The second-order valence-corrected chi connectivity index (χ2v) is 5.57. The number of esters is 1. The highest BCUT2D eigenvalue weighted by Gasteiger charge is 2.33. The highest BCUT2D eigenvalue weighted by atomic mass is 35.5. The lowest BCUT2D eigenvalue weighted by molar-refractivity contribution is -0.140. The number of hydrazine groups is 1. The van der Waals surface area contributed by atoms with Gasteiger partial charge < -0.3 is 10.1 Å². The Morgan fingerprint density at radius 1 is 1.36 bits per heavy atom. The fourth-order valence-corrected chi connectivity index (χ4v) is 2.53. The van der Waals surface area contributed by atoms with E-state index >= 15 is 0 Å². The van der Waals surface area contributed by atoms with Gasteiger partial charge in [0.2, 0.25) is 5.91 Å².